The van der Waals surface area contributed by atoms with Crippen molar-refractivity contribution in [3.05, 3.63) is 42.4 Å². The van der Waals surface area contributed by atoms with Crippen LogP contribution in [0.2, 0.25) is 0 Å². The van der Waals surface area contributed by atoms with E-state index in [9.17, 15) is 0 Å². The van der Waals surface area contributed by atoms with Crippen LogP contribution in [-0.4, -0.2) is 65.6 Å². The zero-order chi connectivity index (χ0) is 19.3. The topological polar surface area (TPSA) is 59.9 Å². The Bertz CT molecular complexity index is 972. The number of hydrogen-bond acceptors (Lipinski definition) is 5. The number of piperidine rings is 1. The molecule has 5 rings (SSSR count). The third-order valence-electron chi connectivity index (χ3n) is 6.51. The van der Waals surface area contributed by atoms with Gasteiger partial charge in [0.2, 0.25) is 0 Å². The van der Waals surface area contributed by atoms with Gasteiger partial charge in [-0.3, -0.25) is 19.2 Å². The Hall–Kier alpha value is -2.45. The molecule has 0 atom stereocenters. The number of aryl methyl sites for hydroxylation is 2. The number of hydrogen-bond donors (Lipinski definition) is 0. The molecule has 0 aromatic carbocycles. The molecule has 5 heterocycles. The normalized spacial score (nSPS) is 20.0. The minimum Gasteiger partial charge on any atom is -0.325 e. The summed E-state index contributed by atoms with van der Waals surface area (Å²) >= 11 is 0. The summed E-state index contributed by atoms with van der Waals surface area (Å²) in [6.45, 7) is 5.17. The smallest absolute Gasteiger partial charge is 0.129 e. The lowest BCUT2D eigenvalue weighted by Crippen LogP contribution is -2.56. The highest BCUT2D eigenvalue weighted by atomic mass is 15.3. The van der Waals surface area contributed by atoms with Crippen LogP contribution in [0.5, 0.6) is 0 Å². The third kappa shape index (κ3) is 2.79. The minimum atomic E-state index is 0.0319. The molecule has 0 N–H and O–H groups in total. The van der Waals surface area contributed by atoms with Gasteiger partial charge < -0.3 is 4.57 Å². The summed E-state index contributed by atoms with van der Waals surface area (Å²) in [6, 6.07) is 0. The van der Waals surface area contributed by atoms with E-state index in [1.807, 2.05) is 42.0 Å². The summed E-state index contributed by atoms with van der Waals surface area (Å²) in [7, 11) is 6.20. The van der Waals surface area contributed by atoms with Crippen LogP contribution in [0.3, 0.4) is 0 Å². The third-order valence-corrected chi connectivity index (χ3v) is 6.51. The molecular formula is C20H28N8. The highest BCUT2D eigenvalue weighted by molar-refractivity contribution is 5.57. The highest BCUT2D eigenvalue weighted by Crippen LogP contribution is 2.41. The SMILES string of the molecule is CN1CCn2c(-c3cnn(C)c3)cnc2C12CCN(Cc1cnn(C)c1)CC2. The Labute approximate surface area is 165 Å². The van der Waals surface area contributed by atoms with Crippen LogP contribution in [0.4, 0.5) is 0 Å². The Morgan fingerprint density at radius 3 is 2.32 bits per heavy atom. The first-order chi connectivity index (χ1) is 13.5. The summed E-state index contributed by atoms with van der Waals surface area (Å²) in [6.07, 6.45) is 12.3. The van der Waals surface area contributed by atoms with Crippen molar-refractivity contribution in [2.45, 2.75) is 31.5 Å². The van der Waals surface area contributed by atoms with Crippen LogP contribution < -0.4 is 0 Å². The van der Waals surface area contributed by atoms with Crippen molar-refractivity contribution in [3.8, 4) is 11.3 Å². The van der Waals surface area contributed by atoms with Crippen LogP contribution in [0.25, 0.3) is 11.3 Å². The fourth-order valence-corrected chi connectivity index (χ4v) is 4.89. The first-order valence-corrected chi connectivity index (χ1v) is 10.0. The zero-order valence-corrected chi connectivity index (χ0v) is 16.9. The number of likely N-dealkylation sites (tertiary alicyclic amines) is 1. The van der Waals surface area contributed by atoms with E-state index in [0.29, 0.717) is 0 Å². The van der Waals surface area contributed by atoms with E-state index in [0.717, 1.165) is 51.1 Å². The minimum absolute atomic E-state index is 0.0319. The molecule has 0 unspecified atom stereocenters. The molecule has 0 radical (unpaired) electrons. The lowest BCUT2D eigenvalue weighted by molar-refractivity contribution is 0.00700. The van der Waals surface area contributed by atoms with E-state index in [2.05, 4.69) is 44.0 Å². The Kier molecular flexibility index (Phi) is 4.13. The summed E-state index contributed by atoms with van der Waals surface area (Å²) in [5.74, 6) is 1.22. The van der Waals surface area contributed by atoms with Crippen molar-refractivity contribution in [1.29, 1.82) is 0 Å². The van der Waals surface area contributed by atoms with Crippen molar-refractivity contribution < 1.29 is 0 Å². The van der Waals surface area contributed by atoms with Gasteiger partial charge in [-0.1, -0.05) is 0 Å². The summed E-state index contributed by atoms with van der Waals surface area (Å²) < 4.78 is 6.16. The Morgan fingerprint density at radius 1 is 0.893 bits per heavy atom. The quantitative estimate of drug-likeness (QED) is 0.688. The fourth-order valence-electron chi connectivity index (χ4n) is 4.89. The average Bonchev–Trinajstić information content (AvgIpc) is 3.40. The van der Waals surface area contributed by atoms with Gasteiger partial charge in [-0.2, -0.15) is 10.2 Å². The molecule has 8 heteroatoms. The van der Waals surface area contributed by atoms with E-state index >= 15 is 0 Å². The number of rotatable bonds is 3. The summed E-state index contributed by atoms with van der Waals surface area (Å²) in [4.78, 5) is 10.0. The first kappa shape index (κ1) is 17.6. The average molecular weight is 381 g/mol. The maximum atomic E-state index is 4.93. The summed E-state index contributed by atoms with van der Waals surface area (Å²) in [5.41, 5.74) is 3.66. The number of nitrogens with zero attached hydrogens (tertiary/aromatic N) is 8. The van der Waals surface area contributed by atoms with E-state index in [1.165, 1.54) is 17.1 Å². The molecule has 0 aliphatic carbocycles. The molecule has 0 amide bonds. The van der Waals surface area contributed by atoms with Gasteiger partial charge in [0.1, 0.15) is 5.82 Å². The van der Waals surface area contributed by atoms with Gasteiger partial charge >= 0.3 is 0 Å². The molecule has 2 aliphatic heterocycles. The van der Waals surface area contributed by atoms with E-state index in [4.69, 9.17) is 4.98 Å². The lowest BCUT2D eigenvalue weighted by atomic mass is 9.83. The van der Waals surface area contributed by atoms with Gasteiger partial charge in [-0.15, -0.1) is 0 Å². The maximum Gasteiger partial charge on any atom is 0.129 e. The van der Waals surface area contributed by atoms with Crippen molar-refractivity contribution in [1.82, 2.24) is 38.9 Å². The molecule has 8 nitrogen and oxygen atoms in total. The monoisotopic (exact) mass is 380 g/mol. The van der Waals surface area contributed by atoms with Crippen LogP contribution in [-0.2, 0) is 32.7 Å². The molecule has 3 aromatic heterocycles. The molecule has 148 valence electrons. The Morgan fingerprint density at radius 2 is 1.64 bits per heavy atom. The lowest BCUT2D eigenvalue weighted by Gasteiger charge is -2.49. The fraction of sp³-hybridized carbons (Fsp3) is 0.550. The van der Waals surface area contributed by atoms with Gasteiger partial charge in [0.15, 0.2) is 0 Å². The number of likely N-dealkylation sites (N-methyl/N-ethyl adjacent to an activating group) is 1. The van der Waals surface area contributed by atoms with Crippen LogP contribution >= 0.6 is 0 Å². The van der Waals surface area contributed by atoms with Crippen LogP contribution in [0.15, 0.2) is 31.0 Å². The maximum absolute atomic E-state index is 4.93. The molecule has 1 spiro atoms. The van der Waals surface area contributed by atoms with Gasteiger partial charge in [0, 0.05) is 70.3 Å². The van der Waals surface area contributed by atoms with Crippen molar-refractivity contribution in [3.63, 3.8) is 0 Å². The van der Waals surface area contributed by atoms with Crippen LogP contribution in [0, 0.1) is 0 Å². The second-order valence-electron chi connectivity index (χ2n) is 8.27. The molecule has 0 saturated carbocycles. The number of imidazole rings is 1. The van der Waals surface area contributed by atoms with Gasteiger partial charge in [0.25, 0.3) is 0 Å². The van der Waals surface area contributed by atoms with E-state index < -0.39 is 0 Å². The first-order valence-electron chi connectivity index (χ1n) is 10.0. The van der Waals surface area contributed by atoms with Gasteiger partial charge in [-0.25, -0.2) is 4.98 Å². The van der Waals surface area contributed by atoms with Gasteiger partial charge in [0.05, 0.1) is 29.8 Å². The highest BCUT2D eigenvalue weighted by Gasteiger charge is 2.45. The zero-order valence-electron chi connectivity index (χ0n) is 16.9. The molecule has 2 aliphatic rings. The van der Waals surface area contributed by atoms with E-state index in [1.54, 1.807) is 0 Å². The van der Waals surface area contributed by atoms with E-state index in [-0.39, 0.29) is 5.54 Å². The molecule has 1 fully saturated rings. The van der Waals surface area contributed by atoms with Gasteiger partial charge in [-0.05, 0) is 19.9 Å². The second kappa shape index (κ2) is 6.56. The molecular weight excluding hydrogens is 352 g/mol. The predicted molar refractivity (Wildman–Crippen MR) is 106 cm³/mol. The second-order valence-corrected chi connectivity index (χ2v) is 8.27. The molecule has 1 saturated heterocycles. The number of aromatic nitrogens is 6. The van der Waals surface area contributed by atoms with Crippen molar-refractivity contribution in [2.24, 2.45) is 14.1 Å². The van der Waals surface area contributed by atoms with Crippen molar-refractivity contribution in [2.75, 3.05) is 26.7 Å². The molecule has 3 aromatic rings. The number of fused-ring (bicyclic) bond motifs is 2. The predicted octanol–water partition coefficient (Wildman–Crippen LogP) is 1.45. The molecule has 0 bridgehead atoms. The standard InChI is InChI=1S/C20H28N8/c1-24-8-9-28-18(17-11-23-26(3)15-17)12-21-19(28)20(24)4-6-27(7-5-20)14-16-10-22-25(2)13-16/h10-13,15H,4-9,14H2,1-3H3. The largest absolute Gasteiger partial charge is 0.325 e. The Balaban J connectivity index is 1.39. The van der Waals surface area contributed by atoms with Crippen LogP contribution in [0.1, 0.15) is 24.2 Å². The molecule has 28 heavy (non-hydrogen) atoms. The van der Waals surface area contributed by atoms with Crippen molar-refractivity contribution >= 4 is 0 Å². The summed E-state index contributed by atoms with van der Waals surface area (Å²) in [5, 5.41) is 8.65.